The minimum absolute atomic E-state index is 0.0636. The van der Waals surface area contributed by atoms with Gasteiger partial charge >= 0.3 is 0 Å². The summed E-state index contributed by atoms with van der Waals surface area (Å²) >= 11 is 0. The van der Waals surface area contributed by atoms with Gasteiger partial charge in [-0.3, -0.25) is 4.79 Å². The van der Waals surface area contributed by atoms with E-state index in [1.54, 1.807) is 17.0 Å². The molecule has 2 N–H and O–H groups in total. The molecule has 0 spiro atoms. The first-order chi connectivity index (χ1) is 9.02. The van der Waals surface area contributed by atoms with Gasteiger partial charge < -0.3 is 10.6 Å². The molecule has 0 heterocycles. The van der Waals surface area contributed by atoms with Gasteiger partial charge in [-0.05, 0) is 23.6 Å². The van der Waals surface area contributed by atoms with E-state index >= 15 is 0 Å². The van der Waals surface area contributed by atoms with Crippen molar-refractivity contribution in [2.24, 2.45) is 5.92 Å². The lowest BCUT2D eigenvalue weighted by Crippen LogP contribution is -2.36. The van der Waals surface area contributed by atoms with E-state index in [1.807, 2.05) is 12.1 Å². The van der Waals surface area contributed by atoms with Crippen LogP contribution in [0.15, 0.2) is 24.3 Å². The number of hydrogen-bond donors (Lipinski definition) is 1. The predicted octanol–water partition coefficient (Wildman–Crippen LogP) is 2.21. The highest BCUT2D eigenvalue weighted by molar-refractivity contribution is 5.78. The Balaban J connectivity index is 2.65. The number of nitrogens with zero attached hydrogens (tertiary/aromatic N) is 2. The molecule has 1 aromatic carbocycles. The summed E-state index contributed by atoms with van der Waals surface area (Å²) in [6.45, 7) is 5.32. The number of nitrogen functional groups attached to an aromatic ring is 1. The van der Waals surface area contributed by atoms with E-state index in [0.717, 1.165) is 5.56 Å². The van der Waals surface area contributed by atoms with Gasteiger partial charge in [-0.2, -0.15) is 5.26 Å². The fourth-order valence-corrected chi connectivity index (χ4v) is 1.87. The molecular weight excluding hydrogens is 238 g/mol. The number of carbonyl (C=O) groups excluding carboxylic acids is 1. The topological polar surface area (TPSA) is 70.1 Å². The second-order valence-electron chi connectivity index (χ2n) is 5.06. The number of anilines is 1. The summed E-state index contributed by atoms with van der Waals surface area (Å²) in [4.78, 5) is 14.0. The van der Waals surface area contributed by atoms with Gasteiger partial charge in [-0.1, -0.05) is 26.0 Å². The number of nitriles is 1. The standard InChI is InChI=1S/C15H21N3O/c1-12(2)11-18(9-3-8-16)15(19)10-13-4-6-14(17)7-5-13/h4-7,12H,3,9-11,17H2,1-2H3. The lowest BCUT2D eigenvalue weighted by atomic mass is 10.1. The normalized spacial score (nSPS) is 10.2. The molecule has 1 rings (SSSR count). The van der Waals surface area contributed by atoms with E-state index in [0.29, 0.717) is 37.5 Å². The van der Waals surface area contributed by atoms with E-state index in [-0.39, 0.29) is 5.91 Å². The van der Waals surface area contributed by atoms with Gasteiger partial charge in [0.05, 0.1) is 18.9 Å². The fraction of sp³-hybridized carbons (Fsp3) is 0.467. The third-order valence-electron chi connectivity index (χ3n) is 2.77. The molecule has 0 unspecified atom stereocenters. The molecule has 0 bridgehead atoms. The summed E-state index contributed by atoms with van der Waals surface area (Å²) < 4.78 is 0. The average molecular weight is 259 g/mol. The monoisotopic (exact) mass is 259 g/mol. The van der Waals surface area contributed by atoms with Gasteiger partial charge in [0, 0.05) is 18.8 Å². The smallest absolute Gasteiger partial charge is 0.227 e. The number of hydrogen-bond acceptors (Lipinski definition) is 3. The van der Waals surface area contributed by atoms with E-state index in [1.165, 1.54) is 0 Å². The van der Waals surface area contributed by atoms with Gasteiger partial charge in [0.25, 0.3) is 0 Å². The highest BCUT2D eigenvalue weighted by Gasteiger charge is 2.14. The van der Waals surface area contributed by atoms with E-state index in [9.17, 15) is 4.79 Å². The lowest BCUT2D eigenvalue weighted by Gasteiger charge is -2.23. The maximum atomic E-state index is 12.2. The SMILES string of the molecule is CC(C)CN(CCC#N)C(=O)Cc1ccc(N)cc1. The second-order valence-corrected chi connectivity index (χ2v) is 5.06. The third-order valence-corrected chi connectivity index (χ3v) is 2.77. The largest absolute Gasteiger partial charge is 0.399 e. The first kappa shape index (κ1) is 15.0. The molecular formula is C15H21N3O. The maximum Gasteiger partial charge on any atom is 0.227 e. The molecule has 0 aliphatic rings. The quantitative estimate of drug-likeness (QED) is 0.796. The molecule has 0 aromatic heterocycles. The highest BCUT2D eigenvalue weighted by atomic mass is 16.2. The first-order valence-electron chi connectivity index (χ1n) is 6.52. The number of rotatable bonds is 6. The number of carbonyl (C=O) groups is 1. The van der Waals surface area contributed by atoms with Crippen molar-refractivity contribution >= 4 is 11.6 Å². The minimum atomic E-state index is 0.0636. The number of nitrogens with two attached hydrogens (primary N) is 1. The molecule has 0 saturated carbocycles. The van der Waals surface area contributed by atoms with Crippen LogP contribution in [0, 0.1) is 17.2 Å². The third kappa shape index (κ3) is 5.43. The van der Waals surface area contributed by atoms with Crippen LogP contribution >= 0.6 is 0 Å². The van der Waals surface area contributed by atoms with Crippen molar-refractivity contribution in [1.29, 1.82) is 5.26 Å². The van der Waals surface area contributed by atoms with E-state index < -0.39 is 0 Å². The summed E-state index contributed by atoms with van der Waals surface area (Å²) in [6.07, 6.45) is 0.735. The van der Waals surface area contributed by atoms with Crippen molar-refractivity contribution in [1.82, 2.24) is 4.90 Å². The zero-order valence-electron chi connectivity index (χ0n) is 11.6. The Labute approximate surface area is 114 Å². The summed E-state index contributed by atoms with van der Waals surface area (Å²) in [5.41, 5.74) is 7.26. The fourth-order valence-electron chi connectivity index (χ4n) is 1.87. The molecule has 0 radical (unpaired) electrons. The Bertz CT molecular complexity index is 445. The van der Waals surface area contributed by atoms with Crippen LogP contribution in [0.5, 0.6) is 0 Å². The van der Waals surface area contributed by atoms with Crippen LogP contribution in [0.25, 0.3) is 0 Å². The van der Waals surface area contributed by atoms with Crippen LogP contribution in [0.4, 0.5) is 5.69 Å². The molecule has 0 aliphatic carbocycles. The average Bonchev–Trinajstić information content (AvgIpc) is 2.36. The van der Waals surface area contributed by atoms with Crippen molar-refractivity contribution < 1.29 is 4.79 Å². The Morgan fingerprint density at radius 2 is 2.00 bits per heavy atom. The molecule has 1 aromatic rings. The van der Waals surface area contributed by atoms with Crippen LogP contribution in [0.2, 0.25) is 0 Å². The summed E-state index contributed by atoms with van der Waals surface area (Å²) in [5.74, 6) is 0.461. The minimum Gasteiger partial charge on any atom is -0.399 e. The Kier molecular flexibility index (Phi) is 5.87. The van der Waals surface area contributed by atoms with Crippen molar-refractivity contribution in [2.75, 3.05) is 18.8 Å². The summed E-state index contributed by atoms with van der Waals surface area (Å²) in [6, 6.07) is 9.41. The van der Waals surface area contributed by atoms with Gasteiger partial charge in [-0.15, -0.1) is 0 Å². The molecule has 0 atom stereocenters. The maximum absolute atomic E-state index is 12.2. The Morgan fingerprint density at radius 3 is 2.53 bits per heavy atom. The zero-order valence-corrected chi connectivity index (χ0v) is 11.6. The molecule has 4 heteroatoms. The Morgan fingerprint density at radius 1 is 1.37 bits per heavy atom. The van der Waals surface area contributed by atoms with Gasteiger partial charge in [0.15, 0.2) is 0 Å². The molecule has 19 heavy (non-hydrogen) atoms. The molecule has 1 amide bonds. The molecule has 4 nitrogen and oxygen atoms in total. The molecule has 102 valence electrons. The predicted molar refractivity (Wildman–Crippen MR) is 76.2 cm³/mol. The summed E-state index contributed by atoms with van der Waals surface area (Å²) in [5, 5.41) is 8.65. The van der Waals surface area contributed by atoms with Crippen LogP contribution in [0.3, 0.4) is 0 Å². The lowest BCUT2D eigenvalue weighted by molar-refractivity contribution is -0.130. The van der Waals surface area contributed by atoms with Crippen molar-refractivity contribution in [3.8, 4) is 6.07 Å². The van der Waals surface area contributed by atoms with Gasteiger partial charge in [-0.25, -0.2) is 0 Å². The molecule has 0 aliphatic heterocycles. The van der Waals surface area contributed by atoms with Gasteiger partial charge in [0.1, 0.15) is 0 Å². The van der Waals surface area contributed by atoms with E-state index in [4.69, 9.17) is 11.0 Å². The number of amides is 1. The molecule has 0 fully saturated rings. The van der Waals surface area contributed by atoms with Gasteiger partial charge in [0.2, 0.25) is 5.91 Å². The van der Waals surface area contributed by atoms with Crippen LogP contribution in [-0.4, -0.2) is 23.9 Å². The Hall–Kier alpha value is -2.02. The second kappa shape index (κ2) is 7.42. The zero-order chi connectivity index (χ0) is 14.3. The van der Waals surface area contributed by atoms with Crippen molar-refractivity contribution in [2.45, 2.75) is 26.7 Å². The van der Waals surface area contributed by atoms with Crippen LogP contribution in [0.1, 0.15) is 25.8 Å². The van der Waals surface area contributed by atoms with E-state index in [2.05, 4.69) is 19.9 Å². The van der Waals surface area contributed by atoms with Crippen molar-refractivity contribution in [3.05, 3.63) is 29.8 Å². The highest BCUT2D eigenvalue weighted by Crippen LogP contribution is 2.09. The van der Waals surface area contributed by atoms with Crippen LogP contribution < -0.4 is 5.73 Å². The number of benzene rings is 1. The van der Waals surface area contributed by atoms with Crippen LogP contribution in [-0.2, 0) is 11.2 Å². The summed E-state index contributed by atoms with van der Waals surface area (Å²) in [7, 11) is 0. The van der Waals surface area contributed by atoms with Crippen molar-refractivity contribution in [3.63, 3.8) is 0 Å². The molecule has 0 saturated heterocycles. The first-order valence-corrected chi connectivity index (χ1v) is 6.52.